The third kappa shape index (κ3) is 6.50. The van der Waals surface area contributed by atoms with E-state index < -0.39 is 0 Å². The molecule has 1 aromatic heterocycles. The number of hydrogen-bond donors (Lipinski definition) is 1. The van der Waals surface area contributed by atoms with Gasteiger partial charge >= 0.3 is 0 Å². The first kappa shape index (κ1) is 26.3. The minimum atomic E-state index is -0.260. The SMILES string of the molecule is COc1cccc(C(=O)NC(C)c2nc3ccccc3n2CCCCOc2ccc(C(C)(C)C)cc2)c1. The van der Waals surface area contributed by atoms with Crippen LogP contribution in [0.2, 0.25) is 0 Å². The minimum Gasteiger partial charge on any atom is -0.497 e. The summed E-state index contributed by atoms with van der Waals surface area (Å²) < 4.78 is 13.5. The number of unbranched alkanes of at least 4 members (excludes halogenated alkanes) is 1. The Morgan fingerprint density at radius 3 is 2.46 bits per heavy atom. The fourth-order valence-corrected chi connectivity index (χ4v) is 4.38. The molecule has 0 saturated heterocycles. The van der Waals surface area contributed by atoms with Crippen LogP contribution in [0.15, 0.2) is 72.8 Å². The first-order valence-corrected chi connectivity index (χ1v) is 12.9. The number of ether oxygens (including phenoxy) is 2. The van der Waals surface area contributed by atoms with Gasteiger partial charge in [0.25, 0.3) is 5.91 Å². The fraction of sp³-hybridized carbons (Fsp3) is 0.355. The highest BCUT2D eigenvalue weighted by atomic mass is 16.5. The highest BCUT2D eigenvalue weighted by Gasteiger charge is 2.19. The van der Waals surface area contributed by atoms with Crippen LogP contribution in [0.4, 0.5) is 0 Å². The van der Waals surface area contributed by atoms with Crippen LogP contribution in [0, 0.1) is 0 Å². The molecule has 37 heavy (non-hydrogen) atoms. The Bertz CT molecular complexity index is 1340. The molecule has 1 N–H and O–H groups in total. The Morgan fingerprint density at radius 2 is 1.73 bits per heavy atom. The molecule has 4 aromatic rings. The zero-order valence-corrected chi connectivity index (χ0v) is 22.5. The number of fused-ring (bicyclic) bond motifs is 1. The van der Waals surface area contributed by atoms with Gasteiger partial charge in [0, 0.05) is 12.1 Å². The highest BCUT2D eigenvalue weighted by molar-refractivity contribution is 5.94. The predicted octanol–water partition coefficient (Wildman–Crippen LogP) is 6.69. The maximum atomic E-state index is 12.9. The van der Waals surface area contributed by atoms with E-state index >= 15 is 0 Å². The number of hydrogen-bond acceptors (Lipinski definition) is 4. The molecule has 0 radical (unpaired) electrons. The second kappa shape index (κ2) is 11.5. The van der Waals surface area contributed by atoms with E-state index in [-0.39, 0.29) is 17.4 Å². The lowest BCUT2D eigenvalue weighted by molar-refractivity contribution is 0.0937. The molecule has 6 nitrogen and oxygen atoms in total. The number of para-hydroxylation sites is 2. The molecule has 0 aliphatic carbocycles. The van der Waals surface area contributed by atoms with E-state index in [1.807, 2.05) is 37.3 Å². The largest absolute Gasteiger partial charge is 0.497 e. The van der Waals surface area contributed by atoms with Crippen LogP contribution in [-0.4, -0.2) is 29.2 Å². The third-order valence-electron chi connectivity index (χ3n) is 6.52. The molecule has 0 aliphatic heterocycles. The van der Waals surface area contributed by atoms with Gasteiger partial charge in [-0.15, -0.1) is 0 Å². The molecule has 1 heterocycles. The summed E-state index contributed by atoms with van der Waals surface area (Å²) in [5.74, 6) is 2.24. The molecule has 6 heteroatoms. The van der Waals surface area contributed by atoms with Gasteiger partial charge in [0.15, 0.2) is 0 Å². The summed E-state index contributed by atoms with van der Waals surface area (Å²) in [6.45, 7) is 10.0. The second-order valence-corrected chi connectivity index (χ2v) is 10.4. The number of carbonyl (C=O) groups is 1. The average Bonchev–Trinajstić information content (AvgIpc) is 3.27. The Morgan fingerprint density at radius 1 is 0.973 bits per heavy atom. The smallest absolute Gasteiger partial charge is 0.251 e. The van der Waals surface area contributed by atoms with E-state index in [4.69, 9.17) is 14.5 Å². The molecule has 1 atom stereocenters. The highest BCUT2D eigenvalue weighted by Crippen LogP contribution is 2.25. The normalized spacial score (nSPS) is 12.4. The van der Waals surface area contributed by atoms with Crippen molar-refractivity contribution in [3.8, 4) is 11.5 Å². The third-order valence-corrected chi connectivity index (χ3v) is 6.52. The number of benzene rings is 3. The van der Waals surface area contributed by atoms with E-state index in [9.17, 15) is 4.79 Å². The van der Waals surface area contributed by atoms with Crippen molar-refractivity contribution in [2.24, 2.45) is 0 Å². The molecule has 0 fully saturated rings. The Hall–Kier alpha value is -3.80. The van der Waals surface area contributed by atoms with Crippen molar-refractivity contribution < 1.29 is 14.3 Å². The molecule has 0 bridgehead atoms. The van der Waals surface area contributed by atoms with Crippen LogP contribution in [0.1, 0.15) is 68.3 Å². The van der Waals surface area contributed by atoms with Gasteiger partial charge in [-0.05, 0) is 73.2 Å². The molecule has 1 amide bonds. The molecule has 0 spiro atoms. The predicted molar refractivity (Wildman–Crippen MR) is 148 cm³/mol. The monoisotopic (exact) mass is 499 g/mol. The van der Waals surface area contributed by atoms with Crippen molar-refractivity contribution in [3.63, 3.8) is 0 Å². The number of nitrogens with one attached hydrogen (secondary N) is 1. The summed E-state index contributed by atoms with van der Waals surface area (Å²) in [7, 11) is 1.59. The van der Waals surface area contributed by atoms with Crippen LogP contribution in [0.25, 0.3) is 11.0 Å². The number of amides is 1. The average molecular weight is 500 g/mol. The molecule has 194 valence electrons. The number of imidazole rings is 1. The topological polar surface area (TPSA) is 65.4 Å². The Balaban J connectivity index is 1.39. The molecular formula is C31H37N3O3. The summed E-state index contributed by atoms with van der Waals surface area (Å²) in [6, 6.07) is 23.4. The number of aryl methyl sites for hydroxylation is 1. The number of rotatable bonds is 10. The van der Waals surface area contributed by atoms with E-state index in [1.54, 1.807) is 19.2 Å². The second-order valence-electron chi connectivity index (χ2n) is 10.4. The van der Waals surface area contributed by atoms with Crippen molar-refractivity contribution in [3.05, 3.63) is 89.7 Å². The van der Waals surface area contributed by atoms with Gasteiger partial charge in [0.2, 0.25) is 0 Å². The van der Waals surface area contributed by atoms with E-state index in [1.165, 1.54) is 5.56 Å². The standard InChI is InChI=1S/C31H37N3O3/c1-22(32-30(35)23-11-10-12-26(21-23)36-5)29-33-27-13-6-7-14-28(27)34(29)19-8-9-20-37-25-17-15-24(16-18-25)31(2,3)4/h6-7,10-18,21-22H,8-9,19-20H2,1-5H3,(H,32,35). The fourth-order valence-electron chi connectivity index (χ4n) is 4.38. The summed E-state index contributed by atoms with van der Waals surface area (Å²) >= 11 is 0. The summed E-state index contributed by atoms with van der Waals surface area (Å²) in [5.41, 5.74) is 3.98. The molecule has 1 unspecified atom stereocenters. The Labute approximate surface area is 219 Å². The zero-order valence-electron chi connectivity index (χ0n) is 22.5. The van der Waals surface area contributed by atoms with Crippen molar-refractivity contribution in [1.82, 2.24) is 14.9 Å². The van der Waals surface area contributed by atoms with Gasteiger partial charge in [0.1, 0.15) is 17.3 Å². The van der Waals surface area contributed by atoms with Gasteiger partial charge < -0.3 is 19.4 Å². The maximum Gasteiger partial charge on any atom is 0.251 e. The summed E-state index contributed by atoms with van der Waals surface area (Å²) in [5, 5.41) is 3.10. The van der Waals surface area contributed by atoms with Crippen molar-refractivity contribution in [2.45, 2.75) is 58.5 Å². The van der Waals surface area contributed by atoms with Gasteiger partial charge in [0.05, 0.1) is 30.8 Å². The van der Waals surface area contributed by atoms with Crippen LogP contribution >= 0.6 is 0 Å². The van der Waals surface area contributed by atoms with Crippen LogP contribution in [0.5, 0.6) is 11.5 Å². The molecule has 0 aliphatic rings. The quantitative estimate of drug-likeness (QED) is 0.247. The first-order valence-electron chi connectivity index (χ1n) is 12.9. The van der Waals surface area contributed by atoms with E-state index in [0.29, 0.717) is 17.9 Å². The zero-order chi connectivity index (χ0) is 26.4. The van der Waals surface area contributed by atoms with Gasteiger partial charge in [-0.3, -0.25) is 4.79 Å². The number of nitrogens with zero attached hydrogens (tertiary/aromatic N) is 2. The molecule has 4 rings (SSSR count). The van der Waals surface area contributed by atoms with E-state index in [2.05, 4.69) is 61.0 Å². The number of aromatic nitrogens is 2. The lowest BCUT2D eigenvalue weighted by atomic mass is 9.87. The Kier molecular flexibility index (Phi) is 8.17. The molecule has 3 aromatic carbocycles. The summed E-state index contributed by atoms with van der Waals surface area (Å²) in [4.78, 5) is 17.8. The van der Waals surface area contributed by atoms with Crippen LogP contribution in [-0.2, 0) is 12.0 Å². The molecule has 0 saturated carbocycles. The minimum absolute atomic E-state index is 0.133. The van der Waals surface area contributed by atoms with Crippen molar-refractivity contribution in [2.75, 3.05) is 13.7 Å². The lowest BCUT2D eigenvalue weighted by Gasteiger charge is -2.19. The summed E-state index contributed by atoms with van der Waals surface area (Å²) in [6.07, 6.45) is 1.85. The maximum absolute atomic E-state index is 12.9. The van der Waals surface area contributed by atoms with Crippen molar-refractivity contribution >= 4 is 16.9 Å². The van der Waals surface area contributed by atoms with Crippen LogP contribution in [0.3, 0.4) is 0 Å². The van der Waals surface area contributed by atoms with E-state index in [0.717, 1.165) is 42.0 Å². The number of methoxy groups -OCH3 is 1. The van der Waals surface area contributed by atoms with Crippen LogP contribution < -0.4 is 14.8 Å². The van der Waals surface area contributed by atoms with Gasteiger partial charge in [-0.2, -0.15) is 0 Å². The van der Waals surface area contributed by atoms with Crippen molar-refractivity contribution in [1.29, 1.82) is 0 Å². The van der Waals surface area contributed by atoms with Gasteiger partial charge in [-0.25, -0.2) is 4.98 Å². The number of carbonyl (C=O) groups excluding carboxylic acids is 1. The lowest BCUT2D eigenvalue weighted by Crippen LogP contribution is -2.28. The molecular weight excluding hydrogens is 462 g/mol. The first-order chi connectivity index (χ1) is 17.8. The van der Waals surface area contributed by atoms with Gasteiger partial charge in [-0.1, -0.05) is 51.1 Å².